The average molecular weight is 404 g/mol. The molecule has 1 aliphatic heterocycles. The molecule has 4 nitrogen and oxygen atoms in total. The first kappa shape index (κ1) is 19.2. The Hall–Kier alpha value is -2.11. The number of hydrogen-bond acceptors (Lipinski definition) is 3. The summed E-state index contributed by atoms with van der Waals surface area (Å²) in [7, 11) is 0. The number of ether oxygens (including phenoxy) is 1. The zero-order valence-electron chi connectivity index (χ0n) is 15.4. The van der Waals surface area contributed by atoms with Crippen LogP contribution in [0.15, 0.2) is 48.5 Å². The van der Waals surface area contributed by atoms with Crippen LogP contribution in [0.3, 0.4) is 0 Å². The summed E-state index contributed by atoms with van der Waals surface area (Å²) in [5.41, 5.74) is 0.682. The number of aliphatic hydroxyl groups excluding tert-OH is 1. The molecule has 1 saturated heterocycles. The summed E-state index contributed by atoms with van der Waals surface area (Å²) in [5, 5.41) is 11.1. The smallest absolute Gasteiger partial charge is 0.227 e. The molecule has 0 unspecified atom stereocenters. The highest BCUT2D eigenvalue weighted by Gasteiger charge is 2.43. The summed E-state index contributed by atoms with van der Waals surface area (Å²) >= 11 is 6.01. The monoisotopic (exact) mass is 403 g/mol. The fourth-order valence-electron chi connectivity index (χ4n) is 4.37. The number of nitrogens with zero attached hydrogens (tertiary/aromatic N) is 1. The Morgan fingerprint density at radius 1 is 1.14 bits per heavy atom. The average Bonchev–Trinajstić information content (AvgIpc) is 3.05. The molecular weight excluding hydrogens is 381 g/mol. The van der Waals surface area contributed by atoms with E-state index >= 15 is 0 Å². The molecule has 2 aromatic carbocycles. The molecule has 0 bridgehead atoms. The standard InChI is InChI=1S/C22H23ClFNO3/c23-17-4-2-6-19(11-17)28-21-10-16-13-25(12-15(16)9-20(21)26)22(27)8-14-3-1-5-18(24)7-14/h1-7,11,15-16,20-21,26H,8-10,12-13H2/t15-,16+,20+,21+/m0/s1. The molecule has 1 amide bonds. The van der Waals surface area contributed by atoms with Gasteiger partial charge in [-0.25, -0.2) is 4.39 Å². The predicted octanol–water partition coefficient (Wildman–Crippen LogP) is 3.70. The molecule has 6 heteroatoms. The molecule has 4 atom stereocenters. The molecule has 1 aliphatic carbocycles. The third-order valence-corrected chi connectivity index (χ3v) is 6.00. The van der Waals surface area contributed by atoms with Crippen molar-refractivity contribution < 1.29 is 19.0 Å². The van der Waals surface area contributed by atoms with Crippen LogP contribution in [0.5, 0.6) is 5.75 Å². The zero-order valence-corrected chi connectivity index (χ0v) is 16.2. The minimum atomic E-state index is -0.571. The number of carbonyl (C=O) groups excluding carboxylic acids is 1. The van der Waals surface area contributed by atoms with Crippen LogP contribution in [0.1, 0.15) is 18.4 Å². The number of rotatable bonds is 4. The van der Waals surface area contributed by atoms with Gasteiger partial charge in [-0.3, -0.25) is 4.79 Å². The van der Waals surface area contributed by atoms with Crippen molar-refractivity contribution in [3.63, 3.8) is 0 Å². The summed E-state index contributed by atoms with van der Waals surface area (Å²) < 4.78 is 19.3. The number of halogens is 2. The number of aliphatic hydroxyl groups is 1. The fraction of sp³-hybridized carbons (Fsp3) is 0.409. The van der Waals surface area contributed by atoms with Gasteiger partial charge in [-0.2, -0.15) is 0 Å². The van der Waals surface area contributed by atoms with E-state index in [0.717, 1.165) is 0 Å². The first-order valence-electron chi connectivity index (χ1n) is 9.60. The molecule has 0 radical (unpaired) electrons. The molecule has 2 fully saturated rings. The number of likely N-dealkylation sites (tertiary alicyclic amines) is 1. The molecule has 0 aromatic heterocycles. The van der Waals surface area contributed by atoms with Crippen molar-refractivity contribution in [2.24, 2.45) is 11.8 Å². The van der Waals surface area contributed by atoms with E-state index in [0.29, 0.717) is 48.2 Å². The Balaban J connectivity index is 1.37. The lowest BCUT2D eigenvalue weighted by molar-refractivity contribution is -0.129. The van der Waals surface area contributed by atoms with Crippen LogP contribution in [0.4, 0.5) is 4.39 Å². The lowest BCUT2D eigenvalue weighted by atomic mass is 9.78. The van der Waals surface area contributed by atoms with Gasteiger partial charge in [0.2, 0.25) is 5.91 Å². The number of hydrogen-bond donors (Lipinski definition) is 1. The van der Waals surface area contributed by atoms with E-state index in [2.05, 4.69) is 0 Å². The highest BCUT2D eigenvalue weighted by molar-refractivity contribution is 6.30. The highest BCUT2D eigenvalue weighted by atomic mass is 35.5. The van der Waals surface area contributed by atoms with Crippen LogP contribution in [0.2, 0.25) is 5.02 Å². The molecule has 1 heterocycles. The second kappa shape index (κ2) is 8.10. The van der Waals surface area contributed by atoms with E-state index in [1.54, 1.807) is 24.3 Å². The largest absolute Gasteiger partial charge is 0.488 e. The first-order chi connectivity index (χ1) is 13.5. The van der Waals surface area contributed by atoms with Gasteiger partial charge in [-0.15, -0.1) is 0 Å². The normalized spacial score (nSPS) is 26.8. The third kappa shape index (κ3) is 4.31. The van der Waals surface area contributed by atoms with Gasteiger partial charge in [0.25, 0.3) is 0 Å². The number of amides is 1. The fourth-order valence-corrected chi connectivity index (χ4v) is 4.55. The Morgan fingerprint density at radius 2 is 1.89 bits per heavy atom. The maximum Gasteiger partial charge on any atom is 0.227 e. The van der Waals surface area contributed by atoms with E-state index in [1.165, 1.54) is 12.1 Å². The first-order valence-corrected chi connectivity index (χ1v) is 9.98. The maximum absolute atomic E-state index is 13.4. The molecule has 28 heavy (non-hydrogen) atoms. The summed E-state index contributed by atoms with van der Waals surface area (Å²) in [6.45, 7) is 1.29. The van der Waals surface area contributed by atoms with Gasteiger partial charge in [0.15, 0.2) is 0 Å². The van der Waals surface area contributed by atoms with Crippen molar-refractivity contribution in [2.75, 3.05) is 13.1 Å². The van der Waals surface area contributed by atoms with Crippen LogP contribution < -0.4 is 4.74 Å². The zero-order chi connectivity index (χ0) is 19.7. The van der Waals surface area contributed by atoms with Gasteiger partial charge in [-0.1, -0.05) is 29.8 Å². The van der Waals surface area contributed by atoms with E-state index in [-0.39, 0.29) is 30.2 Å². The predicted molar refractivity (Wildman–Crippen MR) is 105 cm³/mol. The van der Waals surface area contributed by atoms with Crippen molar-refractivity contribution in [2.45, 2.75) is 31.5 Å². The van der Waals surface area contributed by atoms with E-state index in [4.69, 9.17) is 16.3 Å². The van der Waals surface area contributed by atoms with Crippen LogP contribution in [-0.2, 0) is 11.2 Å². The van der Waals surface area contributed by atoms with E-state index in [9.17, 15) is 14.3 Å². The molecule has 2 aromatic rings. The Morgan fingerprint density at radius 3 is 2.64 bits per heavy atom. The molecule has 4 rings (SSSR count). The van der Waals surface area contributed by atoms with Gasteiger partial charge >= 0.3 is 0 Å². The van der Waals surface area contributed by atoms with Crippen LogP contribution in [0, 0.1) is 17.7 Å². The number of fused-ring (bicyclic) bond motifs is 1. The van der Waals surface area contributed by atoms with Gasteiger partial charge < -0.3 is 14.7 Å². The molecule has 1 N–H and O–H groups in total. The van der Waals surface area contributed by atoms with Crippen LogP contribution in [0.25, 0.3) is 0 Å². The van der Waals surface area contributed by atoms with Crippen LogP contribution >= 0.6 is 11.6 Å². The highest BCUT2D eigenvalue weighted by Crippen LogP contribution is 2.38. The third-order valence-electron chi connectivity index (χ3n) is 5.77. The van der Waals surface area contributed by atoms with E-state index in [1.807, 2.05) is 17.0 Å². The Labute approximate surface area is 168 Å². The van der Waals surface area contributed by atoms with Gasteiger partial charge in [0, 0.05) is 18.1 Å². The number of benzene rings is 2. The molecule has 2 aliphatic rings. The SMILES string of the molecule is O=C(Cc1cccc(F)c1)N1C[C@H]2C[C@@H](Oc3cccc(Cl)c3)[C@H](O)C[C@H]2C1. The van der Waals surface area contributed by atoms with E-state index < -0.39 is 6.10 Å². The lowest BCUT2D eigenvalue weighted by Gasteiger charge is -2.35. The van der Waals surface area contributed by atoms with Crippen molar-refractivity contribution in [3.8, 4) is 5.75 Å². The van der Waals surface area contributed by atoms with Crippen LogP contribution in [-0.4, -0.2) is 41.2 Å². The summed E-state index contributed by atoms with van der Waals surface area (Å²) in [4.78, 5) is 14.5. The molecule has 148 valence electrons. The number of carbonyl (C=O) groups is 1. The quantitative estimate of drug-likeness (QED) is 0.846. The second-order valence-electron chi connectivity index (χ2n) is 7.78. The van der Waals surface area contributed by atoms with Gasteiger partial charge in [0.1, 0.15) is 17.7 Å². The van der Waals surface area contributed by atoms with Crippen molar-refractivity contribution in [3.05, 3.63) is 64.9 Å². The van der Waals surface area contributed by atoms with Crippen molar-refractivity contribution in [1.82, 2.24) is 4.90 Å². The Bertz CT molecular complexity index is 861. The van der Waals surface area contributed by atoms with Crippen molar-refractivity contribution in [1.29, 1.82) is 0 Å². The van der Waals surface area contributed by atoms with Gasteiger partial charge in [0.05, 0.1) is 12.5 Å². The molecule has 1 saturated carbocycles. The lowest BCUT2D eigenvalue weighted by Crippen LogP contribution is -2.42. The summed E-state index contributed by atoms with van der Waals surface area (Å²) in [5.74, 6) is 0.882. The minimum Gasteiger partial charge on any atom is -0.488 e. The molecule has 0 spiro atoms. The summed E-state index contributed by atoms with van der Waals surface area (Å²) in [6.07, 6.45) is 0.626. The Kier molecular flexibility index (Phi) is 5.56. The summed E-state index contributed by atoms with van der Waals surface area (Å²) in [6, 6.07) is 13.3. The molecular formula is C22H23ClFNO3. The van der Waals surface area contributed by atoms with Crippen molar-refractivity contribution >= 4 is 17.5 Å². The topological polar surface area (TPSA) is 49.8 Å². The van der Waals surface area contributed by atoms with Gasteiger partial charge in [-0.05, 0) is 60.6 Å². The maximum atomic E-state index is 13.4. The minimum absolute atomic E-state index is 0.00167. The second-order valence-corrected chi connectivity index (χ2v) is 8.21.